The minimum absolute atomic E-state index is 0.107. The molecule has 0 saturated heterocycles. The van der Waals surface area contributed by atoms with Crippen molar-refractivity contribution in [2.24, 2.45) is 7.05 Å². The summed E-state index contributed by atoms with van der Waals surface area (Å²) in [5.74, 6) is 0. The highest BCUT2D eigenvalue weighted by Crippen LogP contribution is 2.11. The van der Waals surface area contributed by atoms with Crippen LogP contribution >= 0.6 is 11.6 Å². The fourth-order valence-electron chi connectivity index (χ4n) is 1.57. The summed E-state index contributed by atoms with van der Waals surface area (Å²) in [5.41, 5.74) is 2.28. The van der Waals surface area contributed by atoms with Crippen LogP contribution in [-0.4, -0.2) is 33.5 Å². The van der Waals surface area contributed by atoms with Crippen molar-refractivity contribution in [1.29, 1.82) is 0 Å². The molecule has 14 heavy (non-hydrogen) atoms. The van der Waals surface area contributed by atoms with Gasteiger partial charge in [0.25, 0.3) is 0 Å². The third-order valence-electron chi connectivity index (χ3n) is 2.16. The molecule has 0 radical (unpaired) electrons. The number of nitrogens with one attached hydrogen (secondary N) is 1. The molecule has 1 aromatic heterocycles. The minimum Gasteiger partial charge on any atom is -0.311 e. The Hall–Kier alpha value is -0.870. The first-order valence-corrected chi connectivity index (χ1v) is 5.07. The molecule has 5 heteroatoms. The largest absolute Gasteiger partial charge is 0.311 e. The fourth-order valence-corrected chi connectivity index (χ4v) is 1.85. The van der Waals surface area contributed by atoms with Gasteiger partial charge in [0.2, 0.25) is 0 Å². The van der Waals surface area contributed by atoms with E-state index in [1.54, 1.807) is 11.0 Å². The highest BCUT2D eigenvalue weighted by Gasteiger charge is 2.11. The van der Waals surface area contributed by atoms with E-state index in [1.165, 1.54) is 5.57 Å². The quantitative estimate of drug-likeness (QED) is 0.574. The van der Waals surface area contributed by atoms with Gasteiger partial charge in [0, 0.05) is 26.6 Å². The van der Waals surface area contributed by atoms with E-state index in [-0.39, 0.29) is 5.38 Å². The Balaban J connectivity index is 2.03. The van der Waals surface area contributed by atoms with Crippen molar-refractivity contribution in [2.45, 2.75) is 11.8 Å². The van der Waals surface area contributed by atoms with Crippen LogP contribution in [0.15, 0.2) is 17.8 Å². The van der Waals surface area contributed by atoms with E-state index in [0.717, 1.165) is 25.2 Å². The summed E-state index contributed by atoms with van der Waals surface area (Å²) in [6, 6.07) is 0. The smallest absolute Gasteiger partial charge is 0.0867 e. The zero-order chi connectivity index (χ0) is 9.97. The van der Waals surface area contributed by atoms with Gasteiger partial charge in [0.15, 0.2) is 0 Å². The SMILES string of the molecule is Cn1ncc(CC2=CC(Cl)CNC2)n1. The Morgan fingerprint density at radius 1 is 1.71 bits per heavy atom. The lowest BCUT2D eigenvalue weighted by Crippen LogP contribution is -2.30. The van der Waals surface area contributed by atoms with Gasteiger partial charge in [-0.1, -0.05) is 11.6 Å². The van der Waals surface area contributed by atoms with Crippen LogP contribution in [-0.2, 0) is 13.5 Å². The Morgan fingerprint density at radius 2 is 2.57 bits per heavy atom. The Kier molecular flexibility index (Phi) is 2.84. The zero-order valence-corrected chi connectivity index (χ0v) is 8.83. The van der Waals surface area contributed by atoms with E-state index in [0.29, 0.717) is 0 Å². The molecule has 0 bridgehead atoms. The standard InChI is InChI=1S/C9H13ClN4/c1-14-12-6-9(13-14)3-7-2-8(10)5-11-4-7/h2,6,8,11H,3-5H2,1H3. The number of aryl methyl sites for hydroxylation is 1. The number of hydrogen-bond acceptors (Lipinski definition) is 3. The monoisotopic (exact) mass is 212 g/mol. The van der Waals surface area contributed by atoms with Crippen LogP contribution in [0, 0.1) is 0 Å². The number of rotatable bonds is 2. The number of alkyl halides is 1. The lowest BCUT2D eigenvalue weighted by molar-refractivity contribution is 0.642. The fraction of sp³-hybridized carbons (Fsp3) is 0.556. The molecule has 2 heterocycles. The summed E-state index contributed by atoms with van der Waals surface area (Å²) in [6.45, 7) is 1.76. The Morgan fingerprint density at radius 3 is 3.21 bits per heavy atom. The average Bonchev–Trinajstić information content (AvgIpc) is 2.51. The molecule has 2 rings (SSSR count). The van der Waals surface area contributed by atoms with Crippen LogP contribution in [0.4, 0.5) is 0 Å². The topological polar surface area (TPSA) is 42.7 Å². The molecule has 1 atom stereocenters. The third kappa shape index (κ3) is 2.33. The Labute approximate surface area is 87.9 Å². The van der Waals surface area contributed by atoms with Gasteiger partial charge < -0.3 is 5.32 Å². The van der Waals surface area contributed by atoms with E-state index in [4.69, 9.17) is 11.6 Å². The van der Waals surface area contributed by atoms with Gasteiger partial charge in [-0.3, -0.25) is 0 Å². The molecule has 4 nitrogen and oxygen atoms in total. The van der Waals surface area contributed by atoms with Gasteiger partial charge in [0.05, 0.1) is 17.3 Å². The second kappa shape index (κ2) is 4.11. The summed E-state index contributed by atoms with van der Waals surface area (Å²) in [6.07, 6.45) is 4.73. The van der Waals surface area contributed by atoms with Crippen molar-refractivity contribution in [1.82, 2.24) is 20.3 Å². The van der Waals surface area contributed by atoms with Crippen molar-refractivity contribution >= 4 is 11.6 Å². The van der Waals surface area contributed by atoms with Crippen molar-refractivity contribution in [3.05, 3.63) is 23.5 Å². The number of hydrogen-bond donors (Lipinski definition) is 1. The van der Waals surface area contributed by atoms with Crippen LogP contribution in [0.1, 0.15) is 5.69 Å². The van der Waals surface area contributed by atoms with Gasteiger partial charge in [-0.05, 0) is 0 Å². The third-order valence-corrected chi connectivity index (χ3v) is 2.44. The number of halogens is 1. The molecule has 0 fully saturated rings. The first kappa shape index (κ1) is 9.68. The van der Waals surface area contributed by atoms with Crippen molar-refractivity contribution in [3.8, 4) is 0 Å². The summed E-state index contributed by atoms with van der Waals surface area (Å²) in [7, 11) is 1.82. The van der Waals surface area contributed by atoms with Crippen LogP contribution in [0.5, 0.6) is 0 Å². The molecule has 1 aliphatic heterocycles. The predicted octanol–water partition coefficient (Wildman–Crippen LogP) is 0.495. The van der Waals surface area contributed by atoms with E-state index in [9.17, 15) is 0 Å². The second-order valence-electron chi connectivity index (χ2n) is 3.47. The van der Waals surface area contributed by atoms with Crippen LogP contribution in [0.2, 0.25) is 0 Å². The lowest BCUT2D eigenvalue weighted by Gasteiger charge is -2.16. The molecule has 0 amide bonds. The van der Waals surface area contributed by atoms with Gasteiger partial charge in [-0.25, -0.2) is 0 Å². The van der Waals surface area contributed by atoms with E-state index >= 15 is 0 Å². The van der Waals surface area contributed by atoms with E-state index in [1.807, 2.05) is 7.05 Å². The highest BCUT2D eigenvalue weighted by atomic mass is 35.5. The molecular weight excluding hydrogens is 200 g/mol. The number of nitrogens with zero attached hydrogens (tertiary/aromatic N) is 3. The van der Waals surface area contributed by atoms with Gasteiger partial charge in [-0.2, -0.15) is 15.0 Å². The van der Waals surface area contributed by atoms with Gasteiger partial charge in [-0.15, -0.1) is 11.6 Å². The van der Waals surface area contributed by atoms with Crippen LogP contribution in [0.25, 0.3) is 0 Å². The van der Waals surface area contributed by atoms with Crippen molar-refractivity contribution < 1.29 is 0 Å². The predicted molar refractivity (Wildman–Crippen MR) is 55.3 cm³/mol. The summed E-state index contributed by atoms with van der Waals surface area (Å²) >= 11 is 6.00. The van der Waals surface area contributed by atoms with E-state index < -0.39 is 0 Å². The summed E-state index contributed by atoms with van der Waals surface area (Å²) < 4.78 is 0. The first-order chi connectivity index (χ1) is 6.74. The molecule has 1 unspecified atom stereocenters. The van der Waals surface area contributed by atoms with Crippen LogP contribution < -0.4 is 5.32 Å². The maximum atomic E-state index is 6.00. The van der Waals surface area contributed by atoms with E-state index in [2.05, 4.69) is 21.6 Å². The molecule has 0 aliphatic carbocycles. The normalized spacial score (nSPS) is 22.1. The molecule has 1 N–H and O–H groups in total. The molecular formula is C9H13ClN4. The average molecular weight is 213 g/mol. The minimum atomic E-state index is 0.107. The Bertz CT molecular complexity index is 344. The number of aromatic nitrogens is 3. The zero-order valence-electron chi connectivity index (χ0n) is 8.07. The molecule has 0 saturated carbocycles. The maximum Gasteiger partial charge on any atom is 0.0867 e. The molecule has 1 aromatic rings. The summed E-state index contributed by atoms with van der Waals surface area (Å²) in [4.78, 5) is 1.57. The molecule has 1 aliphatic rings. The lowest BCUT2D eigenvalue weighted by atomic mass is 10.1. The van der Waals surface area contributed by atoms with Gasteiger partial charge in [0.1, 0.15) is 0 Å². The van der Waals surface area contributed by atoms with Crippen molar-refractivity contribution in [2.75, 3.05) is 13.1 Å². The molecule has 76 valence electrons. The first-order valence-electron chi connectivity index (χ1n) is 4.63. The molecule has 0 aromatic carbocycles. The second-order valence-corrected chi connectivity index (χ2v) is 4.03. The van der Waals surface area contributed by atoms with Crippen LogP contribution in [0.3, 0.4) is 0 Å². The highest BCUT2D eigenvalue weighted by molar-refractivity contribution is 6.22. The maximum absolute atomic E-state index is 6.00. The molecule has 0 spiro atoms. The summed E-state index contributed by atoms with van der Waals surface area (Å²) in [5, 5.41) is 11.6. The van der Waals surface area contributed by atoms with Crippen molar-refractivity contribution in [3.63, 3.8) is 0 Å². The van der Waals surface area contributed by atoms with Gasteiger partial charge >= 0.3 is 0 Å².